The minimum Gasteiger partial charge on any atom is -0.550 e. The highest BCUT2D eigenvalue weighted by Gasteiger charge is 2.40. The molecule has 6 N–H and O–H groups in total. The Kier molecular flexibility index (Phi) is 11.4. The highest BCUT2D eigenvalue weighted by Crippen LogP contribution is 2.39. The third kappa shape index (κ3) is 9.16. The van der Waals surface area contributed by atoms with Gasteiger partial charge in [-0.25, -0.2) is 0 Å². The first-order valence-corrected chi connectivity index (χ1v) is 9.36. The molecule has 0 saturated heterocycles. The summed E-state index contributed by atoms with van der Waals surface area (Å²) in [5.41, 5.74) is 0.565. The average Bonchev–Trinajstić information content (AvgIpc) is 2.60. The van der Waals surface area contributed by atoms with E-state index in [2.05, 4.69) is 14.1 Å². The maximum absolute atomic E-state index is 11.0. The molecule has 1 fully saturated rings. The van der Waals surface area contributed by atoms with Crippen LogP contribution in [0.1, 0.15) is 56.4 Å². The number of carbonyl (C=O) groups excluding carboxylic acids is 1. The number of hydrogen-bond donors (Lipinski definition) is 4. The molecular weight excluding hydrogens is 366 g/mol. The second-order valence-electron chi connectivity index (χ2n) is 7.49. The summed E-state index contributed by atoms with van der Waals surface area (Å²) in [6.45, 7) is 0.918. The molecule has 1 atom stereocenters. The third-order valence-electron chi connectivity index (χ3n) is 4.82. The molecule has 1 aromatic rings. The number of nitrogens with one attached hydrogen (secondary N) is 1. The monoisotopic (exact) mass is 399 g/mol. The molecule has 160 valence electrons. The lowest BCUT2D eigenvalue weighted by Crippen LogP contribution is -3.06. The van der Waals surface area contributed by atoms with E-state index < -0.39 is 24.0 Å². The first kappa shape index (κ1) is 25.8. The molecule has 28 heavy (non-hydrogen) atoms. The number of carboxylic acid groups (broad SMARTS) is 2. The number of rotatable bonds is 7. The normalized spacial score (nSPS) is 16.3. The minimum absolute atomic E-state index is 0. The minimum atomic E-state index is -1.33. The zero-order chi connectivity index (χ0) is 20.4. The van der Waals surface area contributed by atoms with E-state index >= 15 is 0 Å². The van der Waals surface area contributed by atoms with Gasteiger partial charge in [0, 0.05) is 5.97 Å². The number of phenolic OH excluding ortho intramolecular Hbond substituents is 1. The van der Waals surface area contributed by atoms with E-state index in [0.717, 1.165) is 37.8 Å². The van der Waals surface area contributed by atoms with Crippen molar-refractivity contribution in [2.75, 3.05) is 20.6 Å². The van der Waals surface area contributed by atoms with Crippen molar-refractivity contribution in [3.05, 3.63) is 29.8 Å². The molecule has 0 bridgehead atoms. The quantitative estimate of drug-likeness (QED) is 0.465. The van der Waals surface area contributed by atoms with Crippen LogP contribution in [-0.2, 0) is 9.59 Å². The Labute approximate surface area is 165 Å². The molecule has 8 heteroatoms. The van der Waals surface area contributed by atoms with Gasteiger partial charge in [-0.2, -0.15) is 0 Å². The van der Waals surface area contributed by atoms with Gasteiger partial charge in [-0.05, 0) is 37.0 Å². The molecular formula is C20H33NO7. The number of carboxylic acids is 2. The van der Waals surface area contributed by atoms with Crippen molar-refractivity contribution in [1.29, 1.82) is 0 Å². The molecule has 1 aliphatic carbocycles. The van der Waals surface area contributed by atoms with Gasteiger partial charge in [-0.15, -0.1) is 0 Å². The molecule has 0 heterocycles. The Morgan fingerprint density at radius 1 is 1.11 bits per heavy atom. The number of carbonyl (C=O) groups is 2. The van der Waals surface area contributed by atoms with Gasteiger partial charge in [0.25, 0.3) is 0 Å². The van der Waals surface area contributed by atoms with Crippen LogP contribution < -0.4 is 10.0 Å². The van der Waals surface area contributed by atoms with Crippen molar-refractivity contribution in [2.45, 2.75) is 56.5 Å². The lowest BCUT2D eigenvalue weighted by Gasteiger charge is -2.39. The first-order valence-electron chi connectivity index (χ1n) is 9.36. The van der Waals surface area contributed by atoms with Gasteiger partial charge >= 0.3 is 5.97 Å². The van der Waals surface area contributed by atoms with Crippen LogP contribution in [0.3, 0.4) is 0 Å². The molecule has 0 unspecified atom stereocenters. The summed E-state index contributed by atoms with van der Waals surface area (Å²) >= 11 is 0. The second-order valence-corrected chi connectivity index (χ2v) is 7.49. The van der Waals surface area contributed by atoms with E-state index in [9.17, 15) is 24.9 Å². The number of aliphatic hydroxyl groups is 1. The molecule has 0 aliphatic heterocycles. The van der Waals surface area contributed by atoms with Crippen LogP contribution in [0.15, 0.2) is 24.3 Å². The van der Waals surface area contributed by atoms with E-state index in [1.54, 1.807) is 12.1 Å². The van der Waals surface area contributed by atoms with Crippen molar-refractivity contribution in [3.63, 3.8) is 0 Å². The number of likely N-dealkylation sites (N-methyl/N-ethyl adjacent to an activating group) is 1. The van der Waals surface area contributed by atoms with Gasteiger partial charge in [0.2, 0.25) is 0 Å². The summed E-state index contributed by atoms with van der Waals surface area (Å²) in [6, 6.07) is 7.35. The van der Waals surface area contributed by atoms with Crippen molar-refractivity contribution < 1.29 is 40.4 Å². The summed E-state index contributed by atoms with van der Waals surface area (Å²) < 4.78 is 0. The fourth-order valence-corrected chi connectivity index (χ4v) is 3.45. The second kappa shape index (κ2) is 12.3. The van der Waals surface area contributed by atoms with E-state index in [-0.39, 0.29) is 23.6 Å². The summed E-state index contributed by atoms with van der Waals surface area (Å²) in [5.74, 6) is -2.00. The van der Waals surface area contributed by atoms with Crippen LogP contribution in [0.25, 0.3) is 0 Å². The summed E-state index contributed by atoms with van der Waals surface area (Å²) in [6.07, 6.45) is 4.50. The Morgan fingerprint density at radius 2 is 1.64 bits per heavy atom. The number of phenols is 1. The molecule has 8 nitrogen and oxygen atoms in total. The third-order valence-corrected chi connectivity index (χ3v) is 4.82. The number of quaternary nitrogens is 1. The summed E-state index contributed by atoms with van der Waals surface area (Å²) in [5, 5.41) is 37.9. The van der Waals surface area contributed by atoms with Gasteiger partial charge in [-0.1, -0.05) is 31.4 Å². The van der Waals surface area contributed by atoms with Gasteiger partial charge < -0.3 is 35.6 Å². The van der Waals surface area contributed by atoms with E-state index in [1.165, 1.54) is 11.3 Å². The van der Waals surface area contributed by atoms with Crippen molar-refractivity contribution in [2.24, 2.45) is 0 Å². The van der Waals surface area contributed by atoms with Crippen LogP contribution in [0.4, 0.5) is 0 Å². The fourth-order valence-electron chi connectivity index (χ4n) is 3.45. The van der Waals surface area contributed by atoms with Crippen molar-refractivity contribution in [3.8, 4) is 5.75 Å². The summed E-state index contributed by atoms with van der Waals surface area (Å²) in [7, 11) is 4.25. The molecule has 0 spiro atoms. The van der Waals surface area contributed by atoms with Crippen LogP contribution in [0.5, 0.6) is 5.75 Å². The van der Waals surface area contributed by atoms with E-state index in [1.807, 2.05) is 12.1 Å². The van der Waals surface area contributed by atoms with Crippen molar-refractivity contribution in [1.82, 2.24) is 0 Å². The van der Waals surface area contributed by atoms with Gasteiger partial charge in [-0.3, -0.25) is 4.79 Å². The zero-order valence-corrected chi connectivity index (χ0v) is 16.6. The standard InChI is InChI=1S/C16H25NO2.C4H6O4.H2O/c1-17(2)12-15(13-6-8-14(18)9-7-13)16(19)10-4-3-5-11-16;5-3(6)1-2-4(7)8;/h6-9,15,18-19H,3-5,10-12H2,1-2H3;1-2H2,(H,5,6)(H,7,8);1H2/t15-;;/m0../s1. The SMILES string of the molecule is C[NH+](C)C[C@@H](c1ccc(O)cc1)C1(O)CCCCC1.O.O=C([O-])CCC(=O)O. The Hall–Kier alpha value is -2.16. The Bertz CT molecular complexity index is 581. The molecule has 0 aromatic heterocycles. The number of hydrogen-bond acceptors (Lipinski definition) is 5. The highest BCUT2D eigenvalue weighted by molar-refractivity contribution is 5.74. The van der Waals surface area contributed by atoms with Gasteiger partial charge in [0.15, 0.2) is 0 Å². The van der Waals surface area contributed by atoms with E-state index in [0.29, 0.717) is 0 Å². The molecule has 0 radical (unpaired) electrons. The molecule has 1 aliphatic rings. The van der Waals surface area contributed by atoms with Crippen LogP contribution in [-0.4, -0.2) is 59.0 Å². The van der Waals surface area contributed by atoms with Crippen molar-refractivity contribution >= 4 is 11.9 Å². The lowest BCUT2D eigenvalue weighted by molar-refractivity contribution is -0.860. The maximum atomic E-state index is 11.0. The number of aliphatic carboxylic acids is 2. The van der Waals surface area contributed by atoms with Gasteiger partial charge in [0.1, 0.15) is 5.75 Å². The first-order chi connectivity index (χ1) is 12.6. The van der Waals surface area contributed by atoms with Crippen LogP contribution in [0.2, 0.25) is 0 Å². The number of aromatic hydroxyl groups is 1. The molecule has 0 amide bonds. The molecule has 1 aromatic carbocycles. The molecule has 1 saturated carbocycles. The largest absolute Gasteiger partial charge is 0.550 e. The fraction of sp³-hybridized carbons (Fsp3) is 0.600. The predicted octanol–water partition coefficient (Wildman–Crippen LogP) is -0.908. The van der Waals surface area contributed by atoms with E-state index in [4.69, 9.17) is 5.11 Å². The molecule has 2 rings (SSSR count). The van der Waals surface area contributed by atoms with Crippen LogP contribution in [0, 0.1) is 0 Å². The lowest BCUT2D eigenvalue weighted by atomic mass is 9.72. The predicted molar refractivity (Wildman–Crippen MR) is 102 cm³/mol. The van der Waals surface area contributed by atoms with Crippen LogP contribution >= 0.6 is 0 Å². The topological polar surface area (TPSA) is 154 Å². The van der Waals surface area contributed by atoms with Gasteiger partial charge in [0.05, 0.1) is 38.6 Å². The zero-order valence-electron chi connectivity index (χ0n) is 16.6. The highest BCUT2D eigenvalue weighted by atomic mass is 16.4. The average molecular weight is 399 g/mol. The maximum Gasteiger partial charge on any atom is 0.303 e. The Balaban J connectivity index is 0.000000694. The smallest absolute Gasteiger partial charge is 0.303 e. The Morgan fingerprint density at radius 3 is 2.04 bits per heavy atom. The summed E-state index contributed by atoms with van der Waals surface area (Å²) in [4.78, 5) is 20.5. The number of benzene rings is 1.